The fourth-order valence-electron chi connectivity index (χ4n) is 2.18. The molecule has 0 heterocycles. The molecule has 0 amide bonds. The lowest BCUT2D eigenvalue weighted by molar-refractivity contribution is 0.300. The summed E-state index contributed by atoms with van der Waals surface area (Å²) in [7, 11) is 1.96. The van der Waals surface area contributed by atoms with Crippen LogP contribution in [0.4, 0.5) is 0 Å². The summed E-state index contributed by atoms with van der Waals surface area (Å²) in [6.07, 6.45) is 1.07. The van der Waals surface area contributed by atoms with E-state index in [1.165, 1.54) is 11.1 Å². The molecule has 1 unspecified atom stereocenters. The predicted octanol–water partition coefficient (Wildman–Crippen LogP) is 4.87. The topological polar surface area (TPSA) is 21.3 Å². The fourth-order valence-corrected chi connectivity index (χ4v) is 2.56. The van der Waals surface area contributed by atoms with Crippen molar-refractivity contribution in [1.82, 2.24) is 5.32 Å². The molecule has 2 aromatic rings. The Morgan fingerprint density at radius 3 is 2.38 bits per heavy atom. The summed E-state index contributed by atoms with van der Waals surface area (Å²) in [5, 5.41) is 3.26. The highest BCUT2D eigenvalue weighted by molar-refractivity contribution is 9.10. The van der Waals surface area contributed by atoms with Crippen molar-refractivity contribution in [1.29, 1.82) is 0 Å². The quantitative estimate of drug-likeness (QED) is 0.804. The van der Waals surface area contributed by atoms with Crippen LogP contribution in [0, 0.1) is 0 Å². The van der Waals surface area contributed by atoms with Gasteiger partial charge in [-0.3, -0.25) is 0 Å². The molecule has 112 valence electrons. The Labute approximate surface area is 135 Å². The molecule has 21 heavy (non-hydrogen) atoms. The van der Waals surface area contributed by atoms with Crippen LogP contribution in [0.3, 0.4) is 0 Å². The van der Waals surface area contributed by atoms with Gasteiger partial charge in [0.05, 0.1) is 0 Å². The van der Waals surface area contributed by atoms with Crippen molar-refractivity contribution < 1.29 is 4.74 Å². The second kappa shape index (κ2) is 7.62. The summed E-state index contributed by atoms with van der Waals surface area (Å²) in [6.45, 7) is 4.89. The molecule has 3 heteroatoms. The monoisotopic (exact) mass is 347 g/mol. The Kier molecular flexibility index (Phi) is 5.83. The van der Waals surface area contributed by atoms with Crippen molar-refractivity contribution in [2.24, 2.45) is 0 Å². The number of benzene rings is 2. The third-order valence-electron chi connectivity index (χ3n) is 3.70. The van der Waals surface area contributed by atoms with Crippen LogP contribution in [0.25, 0.3) is 0 Å². The van der Waals surface area contributed by atoms with Gasteiger partial charge in [-0.2, -0.15) is 0 Å². The van der Waals surface area contributed by atoms with Crippen LogP contribution in [-0.2, 0) is 13.0 Å². The largest absolute Gasteiger partial charge is 0.489 e. The zero-order chi connectivity index (χ0) is 15.2. The Bertz CT molecular complexity index is 580. The van der Waals surface area contributed by atoms with Crippen LogP contribution in [-0.4, -0.2) is 7.05 Å². The van der Waals surface area contributed by atoms with Crippen LogP contribution in [0.5, 0.6) is 5.75 Å². The zero-order valence-electron chi connectivity index (χ0n) is 12.8. The van der Waals surface area contributed by atoms with E-state index in [1.807, 2.05) is 19.2 Å². The van der Waals surface area contributed by atoms with Gasteiger partial charge in [-0.1, -0.05) is 47.1 Å². The van der Waals surface area contributed by atoms with Gasteiger partial charge in [0.2, 0.25) is 0 Å². The van der Waals surface area contributed by atoms with Gasteiger partial charge in [0.15, 0.2) is 0 Å². The van der Waals surface area contributed by atoms with E-state index < -0.39 is 0 Å². The lowest BCUT2D eigenvalue weighted by Gasteiger charge is -2.17. The van der Waals surface area contributed by atoms with Gasteiger partial charge in [-0.15, -0.1) is 0 Å². The van der Waals surface area contributed by atoms with Gasteiger partial charge >= 0.3 is 0 Å². The van der Waals surface area contributed by atoms with Gasteiger partial charge in [-0.05, 0) is 49.7 Å². The summed E-state index contributed by atoms with van der Waals surface area (Å²) in [4.78, 5) is 0. The van der Waals surface area contributed by atoms with Crippen LogP contribution >= 0.6 is 15.9 Å². The van der Waals surface area contributed by atoms with Crippen LogP contribution < -0.4 is 10.1 Å². The van der Waals surface area contributed by atoms with E-state index in [0.717, 1.165) is 22.2 Å². The molecule has 0 aliphatic rings. The Morgan fingerprint density at radius 1 is 1.10 bits per heavy atom. The van der Waals surface area contributed by atoms with Gasteiger partial charge in [0.1, 0.15) is 12.4 Å². The molecule has 0 aromatic heterocycles. The van der Waals surface area contributed by atoms with Gasteiger partial charge < -0.3 is 10.1 Å². The normalized spacial score (nSPS) is 12.2. The fraction of sp³-hybridized carbons (Fsp3) is 0.333. The molecule has 0 aliphatic carbocycles. The minimum atomic E-state index is 0.250. The summed E-state index contributed by atoms with van der Waals surface area (Å²) >= 11 is 3.52. The van der Waals surface area contributed by atoms with Gasteiger partial charge in [0, 0.05) is 16.1 Å². The molecule has 2 aromatic carbocycles. The summed E-state index contributed by atoms with van der Waals surface area (Å²) < 4.78 is 7.08. The first-order chi connectivity index (χ1) is 10.1. The summed E-state index contributed by atoms with van der Waals surface area (Å²) in [5.41, 5.74) is 3.71. The highest BCUT2D eigenvalue weighted by Crippen LogP contribution is 2.29. The van der Waals surface area contributed by atoms with E-state index in [4.69, 9.17) is 4.74 Å². The first-order valence-corrected chi connectivity index (χ1v) is 8.10. The van der Waals surface area contributed by atoms with E-state index in [1.54, 1.807) is 0 Å². The molecule has 0 bridgehead atoms. The van der Waals surface area contributed by atoms with E-state index in [0.29, 0.717) is 6.61 Å². The van der Waals surface area contributed by atoms with Gasteiger partial charge in [-0.25, -0.2) is 0 Å². The standard InChI is InChI=1S/C18H22BrNO/c1-4-14-5-7-15(8-6-14)12-21-18-10-9-16(19)11-17(18)13(2)20-3/h5-11,13,20H,4,12H2,1-3H3. The number of halogens is 1. The molecular formula is C18H22BrNO. The maximum Gasteiger partial charge on any atom is 0.124 e. The number of aryl methyl sites for hydroxylation is 1. The molecule has 0 radical (unpaired) electrons. The highest BCUT2D eigenvalue weighted by Gasteiger charge is 2.11. The number of hydrogen-bond donors (Lipinski definition) is 1. The molecule has 2 rings (SSSR count). The average molecular weight is 348 g/mol. The maximum atomic E-state index is 6.01. The minimum Gasteiger partial charge on any atom is -0.489 e. The third kappa shape index (κ3) is 4.32. The van der Waals surface area contributed by atoms with E-state index in [9.17, 15) is 0 Å². The zero-order valence-corrected chi connectivity index (χ0v) is 14.4. The number of hydrogen-bond acceptors (Lipinski definition) is 2. The first-order valence-electron chi connectivity index (χ1n) is 7.31. The maximum absolute atomic E-state index is 6.01. The SMILES string of the molecule is CCc1ccc(COc2ccc(Br)cc2C(C)NC)cc1. The molecule has 0 spiro atoms. The van der Waals surface area contributed by atoms with Crippen molar-refractivity contribution in [3.63, 3.8) is 0 Å². The molecule has 1 atom stereocenters. The minimum absolute atomic E-state index is 0.250. The smallest absolute Gasteiger partial charge is 0.124 e. The van der Waals surface area contributed by atoms with Crippen molar-refractivity contribution in [3.05, 3.63) is 63.6 Å². The van der Waals surface area contributed by atoms with E-state index in [-0.39, 0.29) is 6.04 Å². The van der Waals surface area contributed by atoms with Crippen LogP contribution in [0.15, 0.2) is 46.9 Å². The van der Waals surface area contributed by atoms with E-state index >= 15 is 0 Å². The second-order valence-corrected chi connectivity index (χ2v) is 6.07. The Hall–Kier alpha value is -1.32. The van der Waals surface area contributed by atoms with Gasteiger partial charge in [0.25, 0.3) is 0 Å². The Morgan fingerprint density at radius 2 is 1.76 bits per heavy atom. The summed E-state index contributed by atoms with van der Waals surface area (Å²) in [6, 6.07) is 15.0. The van der Waals surface area contributed by atoms with Crippen molar-refractivity contribution in [2.45, 2.75) is 32.9 Å². The number of rotatable bonds is 6. The third-order valence-corrected chi connectivity index (χ3v) is 4.19. The molecule has 0 fully saturated rings. The highest BCUT2D eigenvalue weighted by atomic mass is 79.9. The lowest BCUT2D eigenvalue weighted by Crippen LogP contribution is -2.13. The molecule has 1 N–H and O–H groups in total. The van der Waals surface area contributed by atoms with Crippen molar-refractivity contribution in [2.75, 3.05) is 7.05 Å². The molecule has 0 saturated heterocycles. The average Bonchev–Trinajstić information content (AvgIpc) is 2.53. The van der Waals surface area contributed by atoms with Crippen LogP contribution in [0.2, 0.25) is 0 Å². The first kappa shape index (κ1) is 16.1. The van der Waals surface area contributed by atoms with Crippen molar-refractivity contribution >= 4 is 15.9 Å². The molecule has 0 aliphatic heterocycles. The molecule has 0 saturated carbocycles. The van der Waals surface area contributed by atoms with E-state index in [2.05, 4.69) is 65.4 Å². The lowest BCUT2D eigenvalue weighted by atomic mass is 10.1. The summed E-state index contributed by atoms with van der Waals surface area (Å²) in [5.74, 6) is 0.930. The molecule has 2 nitrogen and oxygen atoms in total. The predicted molar refractivity (Wildman–Crippen MR) is 91.8 cm³/mol. The number of ether oxygens (including phenoxy) is 1. The molecular weight excluding hydrogens is 326 g/mol. The second-order valence-electron chi connectivity index (χ2n) is 5.15. The number of nitrogens with one attached hydrogen (secondary N) is 1. The van der Waals surface area contributed by atoms with Crippen LogP contribution in [0.1, 0.15) is 36.6 Å². The Balaban J connectivity index is 2.11. The van der Waals surface area contributed by atoms with Crippen molar-refractivity contribution in [3.8, 4) is 5.75 Å².